The Bertz CT molecular complexity index is 1030. The van der Waals surface area contributed by atoms with Gasteiger partial charge in [-0.2, -0.15) is 0 Å². The van der Waals surface area contributed by atoms with Crippen LogP contribution in [-0.4, -0.2) is 29.6 Å². The lowest BCUT2D eigenvalue weighted by Gasteiger charge is -2.29. The van der Waals surface area contributed by atoms with Crippen molar-refractivity contribution in [1.29, 1.82) is 0 Å². The maximum Gasteiger partial charge on any atom is 0.339 e. The van der Waals surface area contributed by atoms with Crippen LogP contribution >= 0.6 is 0 Å². The average molecular weight is 411 g/mol. The third kappa shape index (κ3) is 3.57. The second kappa shape index (κ2) is 7.86. The minimum atomic E-state index is -1.04. The number of carbonyl (C=O) groups excluding carboxylic acids is 2. The Labute approximate surface area is 172 Å². The number of primary amides is 1. The van der Waals surface area contributed by atoms with Gasteiger partial charge in [-0.05, 0) is 25.5 Å². The van der Waals surface area contributed by atoms with Gasteiger partial charge >= 0.3 is 12.0 Å². The van der Waals surface area contributed by atoms with Gasteiger partial charge in [-0.15, -0.1) is 0 Å². The number of hydrogen-bond donors (Lipinski definition) is 1. The summed E-state index contributed by atoms with van der Waals surface area (Å²) in [5.41, 5.74) is 4.94. The zero-order valence-corrected chi connectivity index (χ0v) is 16.7. The molecule has 3 rings (SSSR count). The molecule has 1 unspecified atom stereocenters. The number of nitro benzene ring substituents is 1. The first-order valence-corrected chi connectivity index (χ1v) is 9.08. The number of nitrogens with two attached hydrogens (primary N) is 1. The molecule has 0 spiro atoms. The number of methoxy groups -OCH3 is 1. The molecule has 9 heteroatoms. The van der Waals surface area contributed by atoms with Crippen LogP contribution in [-0.2, 0) is 14.3 Å². The number of esters is 1. The van der Waals surface area contributed by atoms with Crippen molar-refractivity contribution < 1.29 is 24.0 Å². The fourth-order valence-electron chi connectivity index (χ4n) is 3.66. The molecule has 0 saturated carbocycles. The molecule has 1 aliphatic heterocycles. The van der Waals surface area contributed by atoms with Crippen LogP contribution in [0.3, 0.4) is 0 Å². The van der Waals surface area contributed by atoms with Crippen LogP contribution in [0.25, 0.3) is 0 Å². The highest BCUT2D eigenvalue weighted by molar-refractivity contribution is 6.00. The first-order chi connectivity index (χ1) is 14.2. The quantitative estimate of drug-likeness (QED) is 0.456. The molecule has 156 valence electrons. The number of rotatable bonds is 5. The smallest absolute Gasteiger partial charge is 0.339 e. The fourth-order valence-corrected chi connectivity index (χ4v) is 3.66. The van der Waals surface area contributed by atoms with Crippen LogP contribution < -0.4 is 10.6 Å². The summed E-state index contributed by atoms with van der Waals surface area (Å²) in [6, 6.07) is 13.6. The van der Waals surface area contributed by atoms with E-state index in [2.05, 4.69) is 0 Å². The molecular formula is C21H21N3O6. The Morgan fingerprint density at radius 2 is 1.73 bits per heavy atom. The van der Waals surface area contributed by atoms with E-state index in [1.54, 1.807) is 13.8 Å². The van der Waals surface area contributed by atoms with Crippen molar-refractivity contribution in [2.75, 3.05) is 12.0 Å². The molecule has 0 radical (unpaired) electrons. The first kappa shape index (κ1) is 20.8. The molecule has 2 aromatic carbocycles. The Hall–Kier alpha value is -3.88. The van der Waals surface area contributed by atoms with Crippen LogP contribution in [0.15, 0.2) is 66.1 Å². The topological polar surface area (TPSA) is 125 Å². The van der Waals surface area contributed by atoms with Gasteiger partial charge in [0.25, 0.3) is 5.69 Å². The van der Waals surface area contributed by atoms with Crippen LogP contribution in [0.5, 0.6) is 0 Å². The summed E-state index contributed by atoms with van der Waals surface area (Å²) < 4.78 is 11.0. The van der Waals surface area contributed by atoms with Crippen molar-refractivity contribution >= 4 is 23.4 Å². The van der Waals surface area contributed by atoms with Crippen molar-refractivity contribution in [3.05, 3.63) is 81.7 Å². The lowest BCUT2D eigenvalue weighted by atomic mass is 9.81. The number of anilines is 1. The number of nitrogens with zero attached hydrogens (tertiary/aromatic N) is 2. The summed E-state index contributed by atoms with van der Waals surface area (Å²) in [7, 11) is 1.21. The lowest BCUT2D eigenvalue weighted by Crippen LogP contribution is -2.37. The Morgan fingerprint density at radius 1 is 1.13 bits per heavy atom. The van der Waals surface area contributed by atoms with Crippen molar-refractivity contribution in [1.82, 2.24) is 0 Å². The molecule has 2 aromatic rings. The summed E-state index contributed by atoms with van der Waals surface area (Å²) in [6.45, 7) is 3.50. The van der Waals surface area contributed by atoms with Gasteiger partial charge in [0.15, 0.2) is 0 Å². The zero-order chi connectivity index (χ0) is 22.1. The predicted octanol–water partition coefficient (Wildman–Crippen LogP) is 3.46. The Kier molecular flexibility index (Phi) is 5.46. The highest BCUT2D eigenvalue weighted by Gasteiger charge is 2.50. The molecule has 1 aliphatic rings. The second-order valence-electron chi connectivity index (χ2n) is 7.18. The van der Waals surface area contributed by atoms with Crippen molar-refractivity contribution in [3.8, 4) is 0 Å². The number of urea groups is 1. The van der Waals surface area contributed by atoms with Gasteiger partial charge in [0.2, 0.25) is 5.88 Å². The molecule has 0 aliphatic carbocycles. The van der Waals surface area contributed by atoms with E-state index in [0.29, 0.717) is 0 Å². The number of hydrogen-bond acceptors (Lipinski definition) is 6. The molecule has 2 amide bonds. The van der Waals surface area contributed by atoms with Crippen LogP contribution in [0, 0.1) is 10.1 Å². The summed E-state index contributed by atoms with van der Waals surface area (Å²) in [5.74, 6) is -1.53. The van der Waals surface area contributed by atoms with Gasteiger partial charge < -0.3 is 15.2 Å². The molecule has 9 nitrogen and oxygen atoms in total. The van der Waals surface area contributed by atoms with Crippen molar-refractivity contribution in [2.24, 2.45) is 5.73 Å². The molecule has 0 fully saturated rings. The summed E-state index contributed by atoms with van der Waals surface area (Å²) >= 11 is 0. The van der Waals surface area contributed by atoms with Crippen LogP contribution in [0.4, 0.5) is 16.2 Å². The number of amides is 2. The minimum absolute atomic E-state index is 0.0469. The molecule has 30 heavy (non-hydrogen) atoms. The number of benzene rings is 2. The third-order valence-corrected chi connectivity index (χ3v) is 4.86. The monoisotopic (exact) mass is 411 g/mol. The lowest BCUT2D eigenvalue weighted by molar-refractivity contribution is -0.384. The molecular weight excluding hydrogens is 390 g/mol. The predicted molar refractivity (Wildman–Crippen MR) is 109 cm³/mol. The van der Waals surface area contributed by atoms with E-state index in [1.807, 2.05) is 30.3 Å². The second-order valence-corrected chi connectivity index (χ2v) is 7.18. The Morgan fingerprint density at radius 3 is 2.30 bits per heavy atom. The first-order valence-electron chi connectivity index (χ1n) is 9.08. The number of para-hydroxylation sites is 2. The SMILES string of the molecule is COC(=O)C1=C(N(C(N)=O)c2ccccc2[N+](=O)[O-])OC(C)(C)C1c1ccccc1. The molecule has 0 bridgehead atoms. The van der Waals surface area contributed by atoms with E-state index in [-0.39, 0.29) is 22.8 Å². The molecule has 0 saturated heterocycles. The largest absolute Gasteiger partial charge is 0.471 e. The van der Waals surface area contributed by atoms with Gasteiger partial charge in [0.1, 0.15) is 16.9 Å². The molecule has 0 aromatic heterocycles. The van der Waals surface area contributed by atoms with Crippen molar-refractivity contribution in [3.63, 3.8) is 0 Å². The molecule has 1 atom stereocenters. The van der Waals surface area contributed by atoms with Gasteiger partial charge in [-0.25, -0.2) is 14.5 Å². The highest BCUT2D eigenvalue weighted by atomic mass is 16.6. The average Bonchev–Trinajstić information content (AvgIpc) is 2.98. The number of carbonyl (C=O) groups is 2. The van der Waals surface area contributed by atoms with Crippen LogP contribution in [0.1, 0.15) is 25.3 Å². The van der Waals surface area contributed by atoms with Gasteiger partial charge in [-0.3, -0.25) is 10.1 Å². The molecule has 2 N–H and O–H groups in total. The maximum absolute atomic E-state index is 12.8. The fraction of sp³-hybridized carbons (Fsp3) is 0.238. The van der Waals surface area contributed by atoms with Gasteiger partial charge in [0.05, 0.1) is 18.0 Å². The number of nitro groups is 1. The van der Waals surface area contributed by atoms with E-state index in [4.69, 9.17) is 15.2 Å². The van der Waals surface area contributed by atoms with Crippen molar-refractivity contribution in [2.45, 2.75) is 25.4 Å². The third-order valence-electron chi connectivity index (χ3n) is 4.86. The van der Waals surface area contributed by atoms with Gasteiger partial charge in [0, 0.05) is 6.07 Å². The number of ether oxygens (including phenoxy) is 2. The maximum atomic E-state index is 12.8. The zero-order valence-electron chi connectivity index (χ0n) is 16.7. The van der Waals surface area contributed by atoms with E-state index in [0.717, 1.165) is 10.5 Å². The van der Waals surface area contributed by atoms with E-state index in [9.17, 15) is 19.7 Å². The van der Waals surface area contributed by atoms with Gasteiger partial charge in [-0.1, -0.05) is 42.5 Å². The molecule has 1 heterocycles. The summed E-state index contributed by atoms with van der Waals surface area (Å²) in [4.78, 5) is 37.0. The van der Waals surface area contributed by atoms with E-state index >= 15 is 0 Å². The summed E-state index contributed by atoms with van der Waals surface area (Å²) in [5, 5.41) is 11.5. The highest BCUT2D eigenvalue weighted by Crippen LogP contribution is 2.48. The summed E-state index contributed by atoms with van der Waals surface area (Å²) in [6.07, 6.45) is 0. The van der Waals surface area contributed by atoms with E-state index in [1.165, 1.54) is 31.4 Å². The van der Waals surface area contributed by atoms with E-state index < -0.39 is 28.4 Å². The van der Waals surface area contributed by atoms with Crippen LogP contribution in [0.2, 0.25) is 0 Å². The minimum Gasteiger partial charge on any atom is -0.471 e. The standard InChI is InChI=1S/C21H21N3O6/c1-21(2)17(13-9-5-4-6-10-13)16(19(25)29-3)18(30-21)23(20(22)26)14-11-7-8-12-15(14)24(27)28/h4-12,17H,1-3H3,(H2,22,26). The Balaban J connectivity index is 2.29. The normalized spacial score (nSPS) is 17.2.